The molecule has 0 saturated heterocycles. The van der Waals surface area contributed by atoms with Gasteiger partial charge in [-0.25, -0.2) is 9.78 Å². The van der Waals surface area contributed by atoms with Gasteiger partial charge in [0.25, 0.3) is 0 Å². The fourth-order valence-electron chi connectivity index (χ4n) is 4.05. The summed E-state index contributed by atoms with van der Waals surface area (Å²) in [6.07, 6.45) is 0. The maximum absolute atomic E-state index is 13.2. The lowest BCUT2D eigenvalue weighted by Gasteiger charge is -2.28. The monoisotopic (exact) mass is 487 g/mol. The van der Waals surface area contributed by atoms with E-state index in [0.717, 1.165) is 15.9 Å². The van der Waals surface area contributed by atoms with Gasteiger partial charge in [0.05, 0.1) is 34.4 Å². The maximum Gasteiger partial charge on any atom is 0.338 e. The van der Waals surface area contributed by atoms with Gasteiger partial charge in [0, 0.05) is 5.39 Å². The van der Waals surface area contributed by atoms with Crippen LogP contribution in [-0.4, -0.2) is 30.1 Å². The standard InChI is InChI=1S/C26H21N3O5S/c1-2-31-26(30)24-21(13-35-22-10-8-15-5-3-4-6-18(15)29-22)34-25(28)17(12-27)23(24)16-7-9-19-20(11-16)33-14-32-19/h3-11,23H,2,13-14,28H2,1H3/t23-/m0/s1. The molecule has 0 spiro atoms. The minimum atomic E-state index is -0.775. The second-order valence-corrected chi connectivity index (χ2v) is 8.72. The molecule has 3 aromatic rings. The van der Waals surface area contributed by atoms with E-state index in [1.165, 1.54) is 11.8 Å². The second-order valence-electron chi connectivity index (χ2n) is 7.73. The van der Waals surface area contributed by atoms with Crippen molar-refractivity contribution in [1.82, 2.24) is 4.98 Å². The Morgan fingerprint density at radius 1 is 1.20 bits per heavy atom. The molecule has 35 heavy (non-hydrogen) atoms. The van der Waals surface area contributed by atoms with Crippen molar-refractivity contribution >= 4 is 28.6 Å². The van der Waals surface area contributed by atoms with Crippen LogP contribution in [0.2, 0.25) is 0 Å². The number of aromatic nitrogens is 1. The number of esters is 1. The van der Waals surface area contributed by atoms with Crippen molar-refractivity contribution in [2.75, 3.05) is 19.2 Å². The first kappa shape index (κ1) is 22.6. The SMILES string of the molecule is CCOC(=O)C1=C(CSc2ccc3ccccc3n2)OC(N)=C(C#N)[C@@H]1c1ccc2c(c1)OCO2. The third kappa shape index (κ3) is 4.36. The molecular formula is C26H21N3O5S. The number of carbonyl (C=O) groups excluding carboxylic acids is 1. The van der Waals surface area contributed by atoms with E-state index in [9.17, 15) is 10.1 Å². The Balaban J connectivity index is 1.54. The zero-order valence-corrected chi connectivity index (χ0v) is 19.6. The van der Waals surface area contributed by atoms with Crippen LogP contribution in [0.1, 0.15) is 18.4 Å². The summed E-state index contributed by atoms with van der Waals surface area (Å²) in [5.41, 5.74) is 8.04. The highest BCUT2D eigenvalue weighted by atomic mass is 32.2. The fourth-order valence-corrected chi connectivity index (χ4v) is 4.87. The molecule has 3 heterocycles. The minimum absolute atomic E-state index is 0.0507. The molecule has 9 heteroatoms. The Kier molecular flexibility index (Phi) is 6.21. The summed E-state index contributed by atoms with van der Waals surface area (Å²) in [7, 11) is 0. The number of thioether (sulfide) groups is 1. The molecule has 2 aromatic carbocycles. The van der Waals surface area contributed by atoms with Crippen molar-refractivity contribution in [2.24, 2.45) is 5.73 Å². The number of allylic oxidation sites excluding steroid dienone is 1. The zero-order chi connectivity index (χ0) is 24.4. The highest BCUT2D eigenvalue weighted by Gasteiger charge is 2.38. The number of ether oxygens (including phenoxy) is 4. The van der Waals surface area contributed by atoms with Gasteiger partial charge in [-0.15, -0.1) is 0 Å². The summed E-state index contributed by atoms with van der Waals surface area (Å²) in [6, 6.07) is 19.1. The number of rotatable bonds is 6. The highest BCUT2D eigenvalue weighted by molar-refractivity contribution is 7.99. The van der Waals surface area contributed by atoms with Crippen LogP contribution < -0.4 is 15.2 Å². The lowest BCUT2D eigenvalue weighted by molar-refractivity contribution is -0.139. The summed E-state index contributed by atoms with van der Waals surface area (Å²) in [4.78, 5) is 17.8. The van der Waals surface area contributed by atoms with Crippen molar-refractivity contribution in [3.63, 3.8) is 0 Å². The molecule has 5 rings (SSSR count). The molecule has 0 radical (unpaired) electrons. The van der Waals surface area contributed by atoms with Crippen LogP contribution in [0.25, 0.3) is 10.9 Å². The summed E-state index contributed by atoms with van der Waals surface area (Å²) in [6.45, 7) is 2.00. The third-order valence-electron chi connectivity index (χ3n) is 5.65. The van der Waals surface area contributed by atoms with E-state index in [-0.39, 0.29) is 36.2 Å². The van der Waals surface area contributed by atoms with Gasteiger partial charge in [-0.05, 0) is 36.8 Å². The molecule has 1 aromatic heterocycles. The number of nitrogens with two attached hydrogens (primary N) is 1. The Labute approximate surface area is 205 Å². The van der Waals surface area contributed by atoms with Gasteiger partial charge in [-0.3, -0.25) is 0 Å². The van der Waals surface area contributed by atoms with Crippen molar-refractivity contribution < 1.29 is 23.7 Å². The van der Waals surface area contributed by atoms with E-state index in [2.05, 4.69) is 11.1 Å². The topological polar surface area (TPSA) is 117 Å². The van der Waals surface area contributed by atoms with Crippen LogP contribution in [0.5, 0.6) is 11.5 Å². The van der Waals surface area contributed by atoms with Gasteiger partial charge in [0.1, 0.15) is 17.4 Å². The molecule has 0 unspecified atom stereocenters. The average molecular weight is 488 g/mol. The molecular weight excluding hydrogens is 466 g/mol. The van der Waals surface area contributed by atoms with Gasteiger partial charge in [0.15, 0.2) is 11.5 Å². The molecule has 8 nitrogen and oxygen atoms in total. The Morgan fingerprint density at radius 3 is 2.86 bits per heavy atom. The minimum Gasteiger partial charge on any atom is -0.463 e. The Morgan fingerprint density at radius 2 is 2.03 bits per heavy atom. The first-order valence-electron chi connectivity index (χ1n) is 10.9. The van der Waals surface area contributed by atoms with E-state index >= 15 is 0 Å². The smallest absolute Gasteiger partial charge is 0.338 e. The number of hydrogen-bond acceptors (Lipinski definition) is 9. The Hall–Kier alpha value is -4.16. The van der Waals surface area contributed by atoms with E-state index in [1.54, 1.807) is 25.1 Å². The molecule has 0 aliphatic carbocycles. The number of fused-ring (bicyclic) bond motifs is 2. The van der Waals surface area contributed by atoms with Gasteiger partial charge in [-0.1, -0.05) is 42.1 Å². The molecule has 0 saturated carbocycles. The van der Waals surface area contributed by atoms with Crippen LogP contribution in [0.15, 0.2) is 82.4 Å². The molecule has 2 aliphatic rings. The number of hydrogen-bond donors (Lipinski definition) is 1. The summed E-state index contributed by atoms with van der Waals surface area (Å²) in [5.74, 6) is 0.313. The molecule has 1 atom stereocenters. The van der Waals surface area contributed by atoms with E-state index in [0.29, 0.717) is 22.8 Å². The molecule has 2 N–H and O–H groups in total. The molecule has 0 amide bonds. The second kappa shape index (κ2) is 9.60. The number of nitriles is 1. The van der Waals surface area contributed by atoms with Crippen molar-refractivity contribution in [2.45, 2.75) is 17.9 Å². The number of nitrogens with zero attached hydrogens (tertiary/aromatic N) is 2. The van der Waals surface area contributed by atoms with E-state index in [4.69, 9.17) is 24.7 Å². The number of pyridine rings is 1. The van der Waals surface area contributed by atoms with Crippen molar-refractivity contribution in [3.8, 4) is 17.6 Å². The normalized spacial score (nSPS) is 16.7. The maximum atomic E-state index is 13.2. The molecule has 2 aliphatic heterocycles. The lowest BCUT2D eigenvalue weighted by Crippen LogP contribution is -2.27. The molecule has 0 bridgehead atoms. The van der Waals surface area contributed by atoms with Crippen LogP contribution in [0.4, 0.5) is 0 Å². The van der Waals surface area contributed by atoms with Crippen LogP contribution in [0, 0.1) is 11.3 Å². The van der Waals surface area contributed by atoms with Gasteiger partial charge in [0.2, 0.25) is 12.7 Å². The Bertz CT molecular complexity index is 1430. The van der Waals surface area contributed by atoms with Gasteiger partial charge in [-0.2, -0.15) is 5.26 Å². The van der Waals surface area contributed by atoms with Gasteiger partial charge >= 0.3 is 5.97 Å². The number of para-hydroxylation sites is 1. The molecule has 176 valence electrons. The van der Waals surface area contributed by atoms with E-state index in [1.807, 2.05) is 36.4 Å². The summed E-state index contributed by atoms with van der Waals surface area (Å²) < 4.78 is 22.1. The number of benzene rings is 2. The average Bonchev–Trinajstić information content (AvgIpc) is 3.35. The van der Waals surface area contributed by atoms with Crippen LogP contribution >= 0.6 is 11.8 Å². The van der Waals surface area contributed by atoms with Crippen LogP contribution in [0.3, 0.4) is 0 Å². The first-order chi connectivity index (χ1) is 17.1. The fraction of sp³-hybridized carbons (Fsp3) is 0.192. The van der Waals surface area contributed by atoms with Crippen molar-refractivity contribution in [1.29, 1.82) is 5.26 Å². The van der Waals surface area contributed by atoms with Crippen LogP contribution in [-0.2, 0) is 14.3 Å². The largest absolute Gasteiger partial charge is 0.463 e. The van der Waals surface area contributed by atoms with E-state index < -0.39 is 11.9 Å². The van der Waals surface area contributed by atoms with Crippen molar-refractivity contribution in [3.05, 3.63) is 82.9 Å². The first-order valence-corrected chi connectivity index (χ1v) is 11.9. The summed E-state index contributed by atoms with van der Waals surface area (Å²) in [5, 5.41) is 11.7. The predicted molar refractivity (Wildman–Crippen MR) is 129 cm³/mol. The van der Waals surface area contributed by atoms with Gasteiger partial charge < -0.3 is 24.7 Å². The zero-order valence-electron chi connectivity index (χ0n) is 18.8. The third-order valence-corrected chi connectivity index (χ3v) is 6.58. The number of carbonyl (C=O) groups is 1. The summed E-state index contributed by atoms with van der Waals surface area (Å²) >= 11 is 1.40. The quantitative estimate of drug-likeness (QED) is 0.399. The lowest BCUT2D eigenvalue weighted by atomic mass is 9.83. The molecule has 0 fully saturated rings. The predicted octanol–water partition coefficient (Wildman–Crippen LogP) is 4.38. The highest BCUT2D eigenvalue weighted by Crippen LogP contribution is 2.44.